The molecule has 1 saturated heterocycles. The predicted molar refractivity (Wildman–Crippen MR) is 130 cm³/mol. The van der Waals surface area contributed by atoms with Gasteiger partial charge in [-0.1, -0.05) is 61.5 Å². The zero-order valence-electron chi connectivity index (χ0n) is 19.3. The summed E-state index contributed by atoms with van der Waals surface area (Å²) in [6.45, 7) is 4.35. The topological polar surface area (TPSA) is 66.8 Å². The van der Waals surface area contributed by atoms with Gasteiger partial charge in [-0.25, -0.2) is 0 Å². The van der Waals surface area contributed by atoms with E-state index >= 15 is 0 Å². The summed E-state index contributed by atoms with van der Waals surface area (Å²) in [6, 6.07) is 22.2. The van der Waals surface area contributed by atoms with Crippen molar-refractivity contribution < 1.29 is 19.4 Å². The number of carbonyl (C=O) groups is 2. The SMILES string of the molecule is CCc1ccc([C@H]2/C(=C(\O)c3ccc4c(c3)C[C@H](C)O4)C(=O)C(=O)N2Cc2ccccc2)cc1. The van der Waals surface area contributed by atoms with Gasteiger partial charge in [0.1, 0.15) is 17.6 Å². The maximum absolute atomic E-state index is 13.3. The van der Waals surface area contributed by atoms with Crippen LogP contribution in [0.2, 0.25) is 0 Å². The van der Waals surface area contributed by atoms with E-state index in [1.54, 1.807) is 11.0 Å². The van der Waals surface area contributed by atoms with Gasteiger partial charge in [0.05, 0.1) is 11.6 Å². The highest BCUT2D eigenvalue weighted by Gasteiger charge is 2.46. The summed E-state index contributed by atoms with van der Waals surface area (Å²) in [5.41, 5.74) is 4.51. The van der Waals surface area contributed by atoms with Gasteiger partial charge in [-0.3, -0.25) is 9.59 Å². The Hall–Kier alpha value is -3.86. The van der Waals surface area contributed by atoms with Gasteiger partial charge in [-0.2, -0.15) is 0 Å². The molecule has 0 bridgehead atoms. The Balaban J connectivity index is 1.62. The largest absolute Gasteiger partial charge is 0.507 e. The second-order valence-electron chi connectivity index (χ2n) is 8.96. The van der Waals surface area contributed by atoms with E-state index in [1.807, 2.05) is 73.7 Å². The van der Waals surface area contributed by atoms with Gasteiger partial charge >= 0.3 is 0 Å². The Morgan fingerprint density at radius 3 is 2.44 bits per heavy atom. The molecule has 1 fully saturated rings. The first-order valence-corrected chi connectivity index (χ1v) is 11.7. The molecule has 1 N–H and O–H groups in total. The summed E-state index contributed by atoms with van der Waals surface area (Å²) in [5.74, 6) is -0.627. The number of amides is 1. The number of Topliss-reactive ketones (excluding diaryl/α,β-unsaturated/α-hetero) is 1. The van der Waals surface area contributed by atoms with Gasteiger partial charge in [0.15, 0.2) is 0 Å². The minimum atomic E-state index is -0.672. The number of hydrogen-bond acceptors (Lipinski definition) is 4. The number of rotatable bonds is 5. The molecule has 5 nitrogen and oxygen atoms in total. The maximum Gasteiger partial charge on any atom is 0.295 e. The van der Waals surface area contributed by atoms with E-state index in [9.17, 15) is 14.7 Å². The monoisotopic (exact) mass is 453 g/mol. The van der Waals surface area contributed by atoms with E-state index < -0.39 is 17.7 Å². The van der Waals surface area contributed by atoms with Crippen molar-refractivity contribution in [2.45, 2.75) is 45.4 Å². The van der Waals surface area contributed by atoms with Gasteiger partial charge in [0.25, 0.3) is 11.7 Å². The Morgan fingerprint density at radius 2 is 1.74 bits per heavy atom. The first-order chi connectivity index (χ1) is 16.5. The highest BCUT2D eigenvalue weighted by Crippen LogP contribution is 2.41. The van der Waals surface area contributed by atoms with Crippen LogP contribution in [0.5, 0.6) is 5.75 Å². The third kappa shape index (κ3) is 3.87. The number of fused-ring (bicyclic) bond motifs is 1. The summed E-state index contributed by atoms with van der Waals surface area (Å²) in [7, 11) is 0. The summed E-state index contributed by atoms with van der Waals surface area (Å²) >= 11 is 0. The van der Waals surface area contributed by atoms with E-state index in [4.69, 9.17) is 4.74 Å². The predicted octanol–water partition coefficient (Wildman–Crippen LogP) is 5.19. The molecular formula is C29H27NO4. The Morgan fingerprint density at radius 1 is 1.00 bits per heavy atom. The summed E-state index contributed by atoms with van der Waals surface area (Å²) < 4.78 is 5.77. The van der Waals surface area contributed by atoms with Crippen molar-refractivity contribution in [2.75, 3.05) is 0 Å². The van der Waals surface area contributed by atoms with E-state index in [2.05, 4.69) is 6.92 Å². The van der Waals surface area contributed by atoms with Crippen molar-refractivity contribution in [3.05, 3.63) is 106 Å². The molecule has 2 heterocycles. The molecule has 2 atom stereocenters. The molecule has 2 aliphatic heterocycles. The minimum Gasteiger partial charge on any atom is -0.507 e. The van der Waals surface area contributed by atoms with Gasteiger partial charge in [0.2, 0.25) is 0 Å². The average Bonchev–Trinajstić information content (AvgIpc) is 3.35. The fraction of sp³-hybridized carbons (Fsp3) is 0.241. The molecule has 0 unspecified atom stereocenters. The molecule has 0 aromatic heterocycles. The molecular weight excluding hydrogens is 426 g/mol. The van der Waals surface area contributed by atoms with E-state index in [-0.39, 0.29) is 24.0 Å². The number of ketones is 1. The van der Waals surface area contributed by atoms with E-state index in [0.717, 1.165) is 40.8 Å². The molecule has 0 radical (unpaired) electrons. The highest BCUT2D eigenvalue weighted by atomic mass is 16.5. The zero-order chi connectivity index (χ0) is 23.8. The molecule has 3 aromatic rings. The van der Waals surface area contributed by atoms with Crippen LogP contribution in [-0.4, -0.2) is 27.8 Å². The Kier molecular flexibility index (Phi) is 5.70. The lowest BCUT2D eigenvalue weighted by Gasteiger charge is -2.25. The molecule has 1 amide bonds. The van der Waals surface area contributed by atoms with Crippen LogP contribution < -0.4 is 4.74 Å². The van der Waals surface area contributed by atoms with Crippen molar-refractivity contribution >= 4 is 17.4 Å². The number of aliphatic hydroxyl groups excluding tert-OH is 1. The van der Waals surface area contributed by atoms with Crippen LogP contribution in [0.25, 0.3) is 5.76 Å². The number of nitrogens with zero attached hydrogens (tertiary/aromatic N) is 1. The van der Waals surface area contributed by atoms with Crippen molar-refractivity contribution in [3.8, 4) is 5.75 Å². The summed E-state index contributed by atoms with van der Waals surface area (Å²) in [4.78, 5) is 28.0. The highest BCUT2D eigenvalue weighted by molar-refractivity contribution is 6.46. The number of carbonyl (C=O) groups excluding carboxylic acids is 2. The molecule has 0 spiro atoms. The molecule has 5 rings (SSSR count). The molecule has 3 aromatic carbocycles. The van der Waals surface area contributed by atoms with Crippen LogP contribution in [0.1, 0.15) is 47.7 Å². The molecule has 5 heteroatoms. The fourth-order valence-electron chi connectivity index (χ4n) is 4.83. The van der Waals surface area contributed by atoms with Crippen LogP contribution in [0.15, 0.2) is 78.4 Å². The second-order valence-corrected chi connectivity index (χ2v) is 8.96. The number of aryl methyl sites for hydroxylation is 1. The quantitative estimate of drug-likeness (QED) is 0.328. The Labute approximate surface area is 199 Å². The third-order valence-electron chi connectivity index (χ3n) is 6.61. The smallest absolute Gasteiger partial charge is 0.295 e. The number of likely N-dealkylation sites (tertiary alicyclic amines) is 1. The standard InChI is InChI=1S/C29H27NO4/c1-3-19-9-11-21(12-10-19)26-25(27(31)22-13-14-24-23(16-22)15-18(2)34-24)28(32)29(33)30(26)17-20-7-5-4-6-8-20/h4-14,16,18,26,31H,3,15,17H2,1-2H3/b27-25+/t18-,26-/m0/s1. The molecule has 0 aliphatic carbocycles. The number of benzene rings is 3. The zero-order valence-corrected chi connectivity index (χ0v) is 19.3. The van der Waals surface area contributed by atoms with E-state index in [1.165, 1.54) is 0 Å². The summed E-state index contributed by atoms with van der Waals surface area (Å²) in [6.07, 6.45) is 1.70. The van der Waals surface area contributed by atoms with Gasteiger partial charge < -0.3 is 14.7 Å². The average molecular weight is 454 g/mol. The van der Waals surface area contributed by atoms with Gasteiger partial charge in [-0.05, 0) is 53.8 Å². The minimum absolute atomic E-state index is 0.0703. The van der Waals surface area contributed by atoms with Crippen LogP contribution in [0.4, 0.5) is 0 Å². The van der Waals surface area contributed by atoms with Crippen molar-refractivity contribution in [1.82, 2.24) is 4.90 Å². The lowest BCUT2D eigenvalue weighted by atomic mass is 9.93. The number of ether oxygens (including phenoxy) is 1. The van der Waals surface area contributed by atoms with Crippen molar-refractivity contribution in [3.63, 3.8) is 0 Å². The van der Waals surface area contributed by atoms with Crippen LogP contribution in [0, 0.1) is 0 Å². The Bertz CT molecular complexity index is 1280. The lowest BCUT2D eigenvalue weighted by molar-refractivity contribution is -0.140. The lowest BCUT2D eigenvalue weighted by Crippen LogP contribution is -2.29. The van der Waals surface area contributed by atoms with Crippen molar-refractivity contribution in [1.29, 1.82) is 0 Å². The van der Waals surface area contributed by atoms with E-state index in [0.29, 0.717) is 5.56 Å². The van der Waals surface area contributed by atoms with Crippen molar-refractivity contribution in [2.24, 2.45) is 0 Å². The van der Waals surface area contributed by atoms with Crippen LogP contribution in [0.3, 0.4) is 0 Å². The first kappa shape index (κ1) is 22.0. The third-order valence-corrected chi connectivity index (χ3v) is 6.61. The van der Waals surface area contributed by atoms with Gasteiger partial charge in [-0.15, -0.1) is 0 Å². The summed E-state index contributed by atoms with van der Waals surface area (Å²) in [5, 5.41) is 11.4. The first-order valence-electron chi connectivity index (χ1n) is 11.7. The number of hydrogen-bond donors (Lipinski definition) is 1. The normalized spacial score (nSPS) is 20.9. The maximum atomic E-state index is 13.3. The van der Waals surface area contributed by atoms with Gasteiger partial charge in [0, 0.05) is 18.5 Å². The number of aliphatic hydroxyl groups is 1. The molecule has 172 valence electrons. The fourth-order valence-corrected chi connectivity index (χ4v) is 4.83. The molecule has 2 aliphatic rings. The molecule has 34 heavy (non-hydrogen) atoms. The second kappa shape index (κ2) is 8.82. The van der Waals surface area contributed by atoms with Crippen LogP contribution in [-0.2, 0) is 29.0 Å². The molecule has 0 saturated carbocycles. The van der Waals surface area contributed by atoms with Crippen LogP contribution >= 0.6 is 0 Å².